The van der Waals surface area contributed by atoms with Crippen molar-refractivity contribution in [1.29, 1.82) is 5.26 Å². The predicted molar refractivity (Wildman–Crippen MR) is 59.1 cm³/mol. The maximum Gasteiger partial charge on any atom is 0.125 e. The first kappa shape index (κ1) is 10.3. The fraction of sp³-hybridized carbons (Fsp3) is 0.417. The van der Waals surface area contributed by atoms with E-state index in [4.69, 9.17) is 16.3 Å². The number of nitrogens with zero attached hydrogens (tertiary/aromatic N) is 1. The van der Waals surface area contributed by atoms with E-state index in [2.05, 4.69) is 6.07 Å². The van der Waals surface area contributed by atoms with E-state index in [1.807, 2.05) is 18.2 Å². The molecule has 0 heterocycles. The van der Waals surface area contributed by atoms with Crippen LogP contribution < -0.4 is 4.74 Å². The van der Waals surface area contributed by atoms with Gasteiger partial charge >= 0.3 is 0 Å². The third kappa shape index (κ3) is 1.48. The Morgan fingerprint density at radius 3 is 2.67 bits per heavy atom. The smallest absolute Gasteiger partial charge is 0.125 e. The summed E-state index contributed by atoms with van der Waals surface area (Å²) >= 11 is 6.15. The van der Waals surface area contributed by atoms with Crippen LogP contribution in [-0.2, 0) is 5.41 Å². The zero-order chi connectivity index (χ0) is 10.9. The largest absolute Gasteiger partial charge is 0.496 e. The van der Waals surface area contributed by atoms with Gasteiger partial charge in [0, 0.05) is 10.6 Å². The quantitative estimate of drug-likeness (QED) is 0.768. The van der Waals surface area contributed by atoms with Gasteiger partial charge in [0.15, 0.2) is 0 Å². The summed E-state index contributed by atoms with van der Waals surface area (Å²) < 4.78 is 5.27. The van der Waals surface area contributed by atoms with E-state index in [1.54, 1.807) is 7.11 Å². The molecule has 1 saturated carbocycles. The molecule has 0 N–H and O–H groups in total. The number of rotatable bonds is 2. The van der Waals surface area contributed by atoms with Crippen LogP contribution in [0.4, 0.5) is 0 Å². The summed E-state index contributed by atoms with van der Waals surface area (Å²) in [5, 5.41) is 9.90. The molecule has 0 amide bonds. The van der Waals surface area contributed by atoms with Gasteiger partial charge in [-0.1, -0.05) is 17.7 Å². The number of hydrogen-bond donors (Lipinski definition) is 0. The summed E-state index contributed by atoms with van der Waals surface area (Å²) in [4.78, 5) is 0. The molecule has 1 aromatic rings. The molecule has 0 saturated heterocycles. The molecule has 1 aliphatic rings. The molecule has 2 nitrogen and oxygen atoms in total. The second-order valence-electron chi connectivity index (χ2n) is 3.86. The summed E-state index contributed by atoms with van der Waals surface area (Å²) in [5.74, 6) is 0.726. The van der Waals surface area contributed by atoms with Gasteiger partial charge in [-0.3, -0.25) is 0 Å². The Bertz CT molecular complexity index is 418. The standard InChI is InChI=1S/C12H12ClNO/c1-15-10-5-2-4-9(13)11(10)12(8-14)6-3-7-12/h2,4-5H,3,6-7H2,1H3. The molecular weight excluding hydrogens is 210 g/mol. The Balaban J connectivity index is 2.56. The molecule has 3 heteroatoms. The number of halogens is 1. The normalized spacial score (nSPS) is 17.7. The average Bonchev–Trinajstić information content (AvgIpc) is 2.19. The molecule has 1 aliphatic carbocycles. The van der Waals surface area contributed by atoms with Crippen LogP contribution >= 0.6 is 11.6 Å². The van der Waals surface area contributed by atoms with Gasteiger partial charge in [0.05, 0.1) is 18.6 Å². The second kappa shape index (κ2) is 3.75. The van der Waals surface area contributed by atoms with Crippen LogP contribution in [0.15, 0.2) is 18.2 Å². The lowest BCUT2D eigenvalue weighted by Gasteiger charge is -2.37. The summed E-state index contributed by atoms with van der Waals surface area (Å²) in [7, 11) is 1.61. The molecular formula is C12H12ClNO. The Morgan fingerprint density at radius 2 is 2.20 bits per heavy atom. The van der Waals surface area contributed by atoms with E-state index in [9.17, 15) is 5.26 Å². The lowest BCUT2D eigenvalue weighted by atomic mass is 9.65. The Hall–Kier alpha value is -1.20. The van der Waals surface area contributed by atoms with Gasteiger partial charge in [0.1, 0.15) is 5.75 Å². The number of methoxy groups -OCH3 is 1. The predicted octanol–water partition coefficient (Wildman–Crippen LogP) is 3.29. The molecule has 1 aromatic carbocycles. The lowest BCUT2D eigenvalue weighted by Crippen LogP contribution is -2.33. The Kier molecular flexibility index (Phi) is 2.58. The zero-order valence-electron chi connectivity index (χ0n) is 8.59. The molecule has 15 heavy (non-hydrogen) atoms. The first-order valence-electron chi connectivity index (χ1n) is 4.98. The van der Waals surface area contributed by atoms with Crippen molar-refractivity contribution in [2.75, 3.05) is 7.11 Å². The van der Waals surface area contributed by atoms with Crippen molar-refractivity contribution in [2.45, 2.75) is 24.7 Å². The van der Waals surface area contributed by atoms with Crippen LogP contribution in [0.5, 0.6) is 5.75 Å². The highest BCUT2D eigenvalue weighted by Gasteiger charge is 2.42. The zero-order valence-corrected chi connectivity index (χ0v) is 9.34. The van der Waals surface area contributed by atoms with Gasteiger partial charge in [-0.25, -0.2) is 0 Å². The van der Waals surface area contributed by atoms with E-state index in [1.165, 1.54) is 0 Å². The summed E-state index contributed by atoms with van der Waals surface area (Å²) in [6, 6.07) is 7.90. The number of hydrogen-bond acceptors (Lipinski definition) is 2. The fourth-order valence-corrected chi connectivity index (χ4v) is 2.43. The average molecular weight is 222 g/mol. The molecule has 1 fully saturated rings. The Labute approximate surface area is 94.4 Å². The van der Waals surface area contributed by atoms with Crippen molar-refractivity contribution in [2.24, 2.45) is 0 Å². The summed E-state index contributed by atoms with van der Waals surface area (Å²) in [6.45, 7) is 0. The molecule has 0 atom stereocenters. The topological polar surface area (TPSA) is 33.0 Å². The summed E-state index contributed by atoms with van der Waals surface area (Å²) in [6.07, 6.45) is 2.84. The van der Waals surface area contributed by atoms with E-state index >= 15 is 0 Å². The van der Waals surface area contributed by atoms with E-state index in [0.29, 0.717) is 5.02 Å². The molecule has 0 radical (unpaired) electrons. The lowest BCUT2D eigenvalue weighted by molar-refractivity contribution is 0.307. The van der Waals surface area contributed by atoms with Crippen LogP contribution in [0, 0.1) is 11.3 Å². The highest BCUT2D eigenvalue weighted by molar-refractivity contribution is 6.31. The maximum absolute atomic E-state index is 9.27. The monoisotopic (exact) mass is 221 g/mol. The first-order chi connectivity index (χ1) is 7.23. The van der Waals surface area contributed by atoms with Gasteiger partial charge < -0.3 is 4.74 Å². The Morgan fingerprint density at radius 1 is 1.47 bits per heavy atom. The van der Waals surface area contributed by atoms with Crippen molar-refractivity contribution in [3.63, 3.8) is 0 Å². The van der Waals surface area contributed by atoms with Crippen LogP contribution in [0.1, 0.15) is 24.8 Å². The van der Waals surface area contributed by atoms with E-state index in [0.717, 1.165) is 30.6 Å². The highest BCUT2D eigenvalue weighted by atomic mass is 35.5. The molecule has 0 spiro atoms. The number of benzene rings is 1. The SMILES string of the molecule is COc1cccc(Cl)c1C1(C#N)CCC1. The minimum atomic E-state index is -0.413. The number of ether oxygens (including phenoxy) is 1. The molecule has 2 rings (SSSR count). The minimum absolute atomic E-state index is 0.413. The third-order valence-electron chi connectivity index (χ3n) is 3.09. The van der Waals surface area contributed by atoms with Gasteiger partial charge in [0.25, 0.3) is 0 Å². The highest BCUT2D eigenvalue weighted by Crippen LogP contribution is 2.49. The van der Waals surface area contributed by atoms with Gasteiger partial charge in [0.2, 0.25) is 0 Å². The maximum atomic E-state index is 9.27. The van der Waals surface area contributed by atoms with E-state index in [-0.39, 0.29) is 0 Å². The van der Waals surface area contributed by atoms with E-state index < -0.39 is 5.41 Å². The molecule has 78 valence electrons. The molecule has 0 aliphatic heterocycles. The van der Waals surface area contributed by atoms with Crippen LogP contribution in [0.3, 0.4) is 0 Å². The first-order valence-corrected chi connectivity index (χ1v) is 5.35. The van der Waals surface area contributed by atoms with Crippen molar-refractivity contribution < 1.29 is 4.74 Å². The third-order valence-corrected chi connectivity index (χ3v) is 3.41. The van der Waals surface area contributed by atoms with Gasteiger partial charge in [-0.2, -0.15) is 5.26 Å². The summed E-state index contributed by atoms with van der Waals surface area (Å²) in [5.41, 5.74) is 0.451. The van der Waals surface area contributed by atoms with Gasteiger partial charge in [-0.15, -0.1) is 0 Å². The molecule has 0 aromatic heterocycles. The van der Waals surface area contributed by atoms with Crippen molar-refractivity contribution in [3.05, 3.63) is 28.8 Å². The van der Waals surface area contributed by atoms with Crippen molar-refractivity contribution in [1.82, 2.24) is 0 Å². The fourth-order valence-electron chi connectivity index (χ4n) is 2.09. The molecule has 0 unspecified atom stereocenters. The minimum Gasteiger partial charge on any atom is -0.496 e. The van der Waals surface area contributed by atoms with Crippen molar-refractivity contribution >= 4 is 11.6 Å². The number of nitriles is 1. The second-order valence-corrected chi connectivity index (χ2v) is 4.27. The van der Waals surface area contributed by atoms with Crippen LogP contribution in [0.25, 0.3) is 0 Å². The van der Waals surface area contributed by atoms with Crippen LogP contribution in [-0.4, -0.2) is 7.11 Å². The van der Waals surface area contributed by atoms with Crippen molar-refractivity contribution in [3.8, 4) is 11.8 Å². The molecule has 0 bridgehead atoms. The van der Waals surface area contributed by atoms with Gasteiger partial charge in [-0.05, 0) is 31.4 Å². The van der Waals surface area contributed by atoms with Crippen LogP contribution in [0.2, 0.25) is 5.02 Å².